The van der Waals surface area contributed by atoms with Crippen molar-refractivity contribution < 1.29 is 0 Å². The SMILES string of the molecule is C1CCCC(N2CCC2)CCC1. The van der Waals surface area contributed by atoms with Gasteiger partial charge in [0.15, 0.2) is 0 Å². The average Bonchev–Trinajstić information content (AvgIpc) is 1.90. The van der Waals surface area contributed by atoms with Crippen molar-refractivity contribution >= 4 is 0 Å². The predicted octanol–water partition coefficient (Wildman–Crippen LogP) is 2.81. The number of rotatable bonds is 1. The summed E-state index contributed by atoms with van der Waals surface area (Å²) in [6.07, 6.45) is 11.9. The molecule has 1 heterocycles. The highest BCUT2D eigenvalue weighted by Crippen LogP contribution is 2.24. The van der Waals surface area contributed by atoms with Crippen LogP contribution in [0.15, 0.2) is 0 Å². The minimum absolute atomic E-state index is 0.971. The summed E-state index contributed by atoms with van der Waals surface area (Å²) < 4.78 is 0. The highest BCUT2D eigenvalue weighted by Gasteiger charge is 2.23. The lowest BCUT2D eigenvalue weighted by Gasteiger charge is -2.39. The van der Waals surface area contributed by atoms with E-state index in [0.717, 1.165) is 6.04 Å². The van der Waals surface area contributed by atoms with Crippen molar-refractivity contribution in [3.8, 4) is 0 Å². The van der Waals surface area contributed by atoms with Gasteiger partial charge in [-0.15, -0.1) is 0 Å². The molecule has 12 heavy (non-hydrogen) atoms. The van der Waals surface area contributed by atoms with Crippen LogP contribution in [0.3, 0.4) is 0 Å². The van der Waals surface area contributed by atoms with Gasteiger partial charge in [-0.3, -0.25) is 0 Å². The Kier molecular flexibility index (Phi) is 3.04. The molecule has 2 aliphatic rings. The van der Waals surface area contributed by atoms with Crippen LogP contribution >= 0.6 is 0 Å². The second-order valence-electron chi connectivity index (χ2n) is 4.39. The monoisotopic (exact) mass is 167 g/mol. The number of likely N-dealkylation sites (tertiary alicyclic amines) is 1. The number of hydrogen-bond donors (Lipinski definition) is 0. The van der Waals surface area contributed by atoms with Crippen molar-refractivity contribution in [1.29, 1.82) is 0 Å². The quantitative estimate of drug-likeness (QED) is 0.580. The maximum Gasteiger partial charge on any atom is 0.00952 e. The Morgan fingerprint density at radius 2 is 1.25 bits per heavy atom. The molecule has 0 atom stereocenters. The minimum Gasteiger partial charge on any atom is -0.300 e. The van der Waals surface area contributed by atoms with Gasteiger partial charge in [0.2, 0.25) is 0 Å². The molecule has 1 saturated carbocycles. The highest BCUT2D eigenvalue weighted by atomic mass is 15.2. The van der Waals surface area contributed by atoms with E-state index in [0.29, 0.717) is 0 Å². The molecule has 0 unspecified atom stereocenters. The highest BCUT2D eigenvalue weighted by molar-refractivity contribution is 4.79. The van der Waals surface area contributed by atoms with Crippen molar-refractivity contribution in [1.82, 2.24) is 4.90 Å². The molecule has 0 radical (unpaired) electrons. The van der Waals surface area contributed by atoms with Gasteiger partial charge in [0.05, 0.1) is 0 Å². The molecular weight excluding hydrogens is 146 g/mol. The molecule has 1 saturated heterocycles. The zero-order valence-corrected chi connectivity index (χ0v) is 8.10. The first-order valence-corrected chi connectivity index (χ1v) is 5.71. The van der Waals surface area contributed by atoms with E-state index < -0.39 is 0 Å². The fourth-order valence-electron chi connectivity index (χ4n) is 2.51. The van der Waals surface area contributed by atoms with E-state index in [4.69, 9.17) is 0 Å². The first-order valence-electron chi connectivity index (χ1n) is 5.71. The van der Waals surface area contributed by atoms with Crippen LogP contribution in [0, 0.1) is 0 Å². The fourth-order valence-corrected chi connectivity index (χ4v) is 2.51. The van der Waals surface area contributed by atoms with Gasteiger partial charge in [0.25, 0.3) is 0 Å². The molecule has 0 aromatic carbocycles. The number of nitrogens with zero attached hydrogens (tertiary/aromatic N) is 1. The lowest BCUT2D eigenvalue weighted by molar-refractivity contribution is 0.0982. The Morgan fingerprint density at radius 3 is 1.75 bits per heavy atom. The Bertz CT molecular complexity index is 121. The summed E-state index contributed by atoms with van der Waals surface area (Å²) in [5.74, 6) is 0. The molecule has 0 amide bonds. The average molecular weight is 167 g/mol. The second-order valence-corrected chi connectivity index (χ2v) is 4.39. The predicted molar refractivity (Wildman–Crippen MR) is 52.3 cm³/mol. The second kappa shape index (κ2) is 4.27. The molecule has 1 aliphatic carbocycles. The molecule has 1 heteroatoms. The lowest BCUT2D eigenvalue weighted by atomic mass is 9.94. The third-order valence-corrected chi connectivity index (χ3v) is 3.48. The van der Waals surface area contributed by atoms with Crippen molar-refractivity contribution in [2.24, 2.45) is 0 Å². The summed E-state index contributed by atoms with van der Waals surface area (Å²) in [6.45, 7) is 2.79. The normalized spacial score (nSPS) is 29.0. The molecule has 0 spiro atoms. The topological polar surface area (TPSA) is 3.24 Å². The molecule has 1 aliphatic heterocycles. The standard InChI is InChI=1S/C11H21N/c1-2-4-7-11(8-5-3-1)12-9-6-10-12/h11H,1-10H2. The van der Waals surface area contributed by atoms with Crippen LogP contribution in [-0.2, 0) is 0 Å². The first kappa shape index (κ1) is 8.55. The van der Waals surface area contributed by atoms with Gasteiger partial charge in [0.1, 0.15) is 0 Å². The van der Waals surface area contributed by atoms with E-state index in [1.54, 1.807) is 0 Å². The summed E-state index contributed by atoms with van der Waals surface area (Å²) in [5, 5.41) is 0. The van der Waals surface area contributed by atoms with E-state index in [1.807, 2.05) is 0 Å². The van der Waals surface area contributed by atoms with Crippen molar-refractivity contribution in [2.75, 3.05) is 13.1 Å². The van der Waals surface area contributed by atoms with Gasteiger partial charge >= 0.3 is 0 Å². The van der Waals surface area contributed by atoms with Gasteiger partial charge in [-0.2, -0.15) is 0 Å². The lowest BCUT2D eigenvalue weighted by Crippen LogP contribution is -2.45. The molecule has 2 fully saturated rings. The van der Waals surface area contributed by atoms with Crippen molar-refractivity contribution in [3.63, 3.8) is 0 Å². The molecule has 0 aromatic heterocycles. The van der Waals surface area contributed by atoms with Crippen LogP contribution in [0.5, 0.6) is 0 Å². The fraction of sp³-hybridized carbons (Fsp3) is 1.00. The van der Waals surface area contributed by atoms with E-state index >= 15 is 0 Å². The summed E-state index contributed by atoms with van der Waals surface area (Å²) in [4.78, 5) is 2.70. The molecule has 0 N–H and O–H groups in total. The summed E-state index contributed by atoms with van der Waals surface area (Å²) in [6, 6.07) is 0.971. The van der Waals surface area contributed by atoms with E-state index in [2.05, 4.69) is 4.90 Å². The van der Waals surface area contributed by atoms with Crippen LogP contribution in [0.1, 0.15) is 51.4 Å². The first-order chi connectivity index (χ1) is 5.97. The van der Waals surface area contributed by atoms with Crippen LogP contribution in [0.2, 0.25) is 0 Å². The van der Waals surface area contributed by atoms with Crippen molar-refractivity contribution in [2.45, 2.75) is 57.4 Å². The summed E-state index contributed by atoms with van der Waals surface area (Å²) in [7, 11) is 0. The summed E-state index contributed by atoms with van der Waals surface area (Å²) >= 11 is 0. The maximum atomic E-state index is 2.70. The molecule has 2 rings (SSSR count). The Morgan fingerprint density at radius 1 is 0.667 bits per heavy atom. The molecule has 0 bridgehead atoms. The van der Waals surface area contributed by atoms with Crippen LogP contribution in [0.25, 0.3) is 0 Å². The van der Waals surface area contributed by atoms with E-state index in [9.17, 15) is 0 Å². The molecule has 0 aromatic rings. The molecule has 70 valence electrons. The minimum atomic E-state index is 0.971. The molecular formula is C11H21N. The Hall–Kier alpha value is -0.0400. The Labute approximate surface area is 76.1 Å². The third kappa shape index (κ3) is 2.01. The smallest absolute Gasteiger partial charge is 0.00952 e. The van der Waals surface area contributed by atoms with Crippen LogP contribution in [-0.4, -0.2) is 24.0 Å². The molecule has 1 nitrogen and oxygen atoms in total. The maximum absolute atomic E-state index is 2.70. The zero-order chi connectivity index (χ0) is 8.23. The largest absolute Gasteiger partial charge is 0.300 e. The third-order valence-electron chi connectivity index (χ3n) is 3.48. The van der Waals surface area contributed by atoms with Crippen LogP contribution < -0.4 is 0 Å². The summed E-state index contributed by atoms with van der Waals surface area (Å²) in [5.41, 5.74) is 0. The Balaban J connectivity index is 1.77. The van der Waals surface area contributed by atoms with E-state index in [1.165, 1.54) is 64.5 Å². The number of hydrogen-bond acceptors (Lipinski definition) is 1. The van der Waals surface area contributed by atoms with Crippen LogP contribution in [0.4, 0.5) is 0 Å². The van der Waals surface area contributed by atoms with Gasteiger partial charge in [-0.1, -0.05) is 32.1 Å². The van der Waals surface area contributed by atoms with Crippen molar-refractivity contribution in [3.05, 3.63) is 0 Å². The van der Waals surface area contributed by atoms with Gasteiger partial charge in [-0.05, 0) is 32.4 Å². The van der Waals surface area contributed by atoms with Gasteiger partial charge in [-0.25, -0.2) is 0 Å². The van der Waals surface area contributed by atoms with E-state index in [-0.39, 0.29) is 0 Å². The zero-order valence-electron chi connectivity index (χ0n) is 8.10. The van der Waals surface area contributed by atoms with Gasteiger partial charge < -0.3 is 4.90 Å². The van der Waals surface area contributed by atoms with Gasteiger partial charge in [0, 0.05) is 6.04 Å².